The Labute approximate surface area is 308 Å². The molecule has 0 spiro atoms. The zero-order chi connectivity index (χ0) is 34.6. The largest absolute Gasteiger partial charge is 0.236 e. The highest BCUT2D eigenvalue weighted by Crippen LogP contribution is 2.42. The first kappa shape index (κ1) is 30.4. The molecule has 0 unspecified atom stereocenters. The summed E-state index contributed by atoms with van der Waals surface area (Å²) in [5, 5.41) is 16.4. The van der Waals surface area contributed by atoms with Crippen molar-refractivity contribution >= 4 is 64.7 Å². The summed E-state index contributed by atoms with van der Waals surface area (Å²) in [5.41, 5.74) is 11.4. The lowest BCUT2D eigenvalue weighted by Gasteiger charge is -2.16. The average molecular weight is 698 g/mol. The zero-order valence-corrected chi connectivity index (χ0v) is 29.4. The first-order valence-electron chi connectivity index (χ1n) is 17.1. The lowest BCUT2D eigenvalue weighted by molar-refractivity contribution is 1.45. The van der Waals surface area contributed by atoms with Crippen LogP contribution in [0.15, 0.2) is 164 Å². The van der Waals surface area contributed by atoms with E-state index < -0.39 is 0 Å². The van der Waals surface area contributed by atoms with Crippen LogP contribution in [0.4, 0.5) is 0 Å². The minimum atomic E-state index is 0.643. The van der Waals surface area contributed by atoms with E-state index in [1.165, 1.54) is 27.1 Å². The van der Waals surface area contributed by atoms with Gasteiger partial charge >= 0.3 is 0 Å². The Bertz CT molecular complexity index is 2880. The number of aromatic nitrogens is 2. The number of hydrogen-bond acceptors (Lipinski definition) is 5. The van der Waals surface area contributed by atoms with E-state index in [0.29, 0.717) is 5.56 Å². The summed E-state index contributed by atoms with van der Waals surface area (Å²) in [6.45, 7) is 0. The van der Waals surface area contributed by atoms with E-state index in [9.17, 15) is 5.26 Å². The second-order valence-electron chi connectivity index (χ2n) is 13.0. The molecule has 0 aliphatic heterocycles. The number of fused-ring (bicyclic) bond motifs is 5. The molecule has 0 amide bonds. The van der Waals surface area contributed by atoms with Crippen LogP contribution in [0.1, 0.15) is 5.56 Å². The summed E-state index contributed by atoms with van der Waals surface area (Å²) in [5.74, 6) is 0. The molecule has 52 heavy (non-hydrogen) atoms. The highest BCUT2D eigenvalue weighted by atomic mass is 32.1. The number of hydrogen-bond donors (Lipinski definition) is 0. The molecular formula is C47H27N3S2. The molecule has 0 fully saturated rings. The minimum Gasteiger partial charge on any atom is -0.236 e. The van der Waals surface area contributed by atoms with Gasteiger partial charge in [-0.15, -0.1) is 22.7 Å². The number of nitrogens with zero attached hydrogens (tertiary/aromatic N) is 3. The molecule has 0 saturated heterocycles. The van der Waals surface area contributed by atoms with E-state index in [0.717, 1.165) is 69.4 Å². The number of para-hydroxylation sites is 2. The van der Waals surface area contributed by atoms with Crippen LogP contribution in [-0.2, 0) is 0 Å². The molecule has 3 nitrogen and oxygen atoms in total. The molecule has 0 saturated carbocycles. The van der Waals surface area contributed by atoms with Crippen LogP contribution in [0.5, 0.6) is 0 Å². The summed E-state index contributed by atoms with van der Waals surface area (Å²) >= 11 is 3.43. The van der Waals surface area contributed by atoms with E-state index in [4.69, 9.17) is 9.97 Å². The third-order valence-corrected chi connectivity index (χ3v) is 11.9. The molecule has 8 aromatic carbocycles. The third kappa shape index (κ3) is 5.34. The summed E-state index contributed by atoms with van der Waals surface area (Å²) in [7, 11) is 0. The zero-order valence-electron chi connectivity index (χ0n) is 27.7. The van der Waals surface area contributed by atoms with Gasteiger partial charge in [0.25, 0.3) is 0 Å². The Kier molecular flexibility index (Phi) is 7.24. The Morgan fingerprint density at radius 1 is 0.404 bits per heavy atom. The normalized spacial score (nSPS) is 11.4. The van der Waals surface area contributed by atoms with Crippen LogP contribution in [0.25, 0.3) is 96.5 Å². The van der Waals surface area contributed by atoms with Crippen molar-refractivity contribution < 1.29 is 0 Å². The molecule has 0 aliphatic rings. The van der Waals surface area contributed by atoms with Crippen molar-refractivity contribution in [1.29, 1.82) is 5.26 Å². The van der Waals surface area contributed by atoms with E-state index in [1.807, 2.05) is 36.4 Å². The Balaban J connectivity index is 1.24. The highest BCUT2D eigenvalue weighted by Gasteiger charge is 2.17. The van der Waals surface area contributed by atoms with Crippen molar-refractivity contribution in [3.63, 3.8) is 0 Å². The Hall–Kier alpha value is -6.45. The van der Waals surface area contributed by atoms with E-state index in [2.05, 4.69) is 133 Å². The summed E-state index contributed by atoms with van der Waals surface area (Å²) in [6.07, 6.45) is 0. The van der Waals surface area contributed by atoms with Gasteiger partial charge in [-0.3, -0.25) is 0 Å². The van der Waals surface area contributed by atoms with Gasteiger partial charge < -0.3 is 0 Å². The molecule has 0 aliphatic carbocycles. The monoisotopic (exact) mass is 697 g/mol. The SMILES string of the molecule is N#Cc1ccc(-c2cc(-c3cc(-c4nc5ccccc5s4)cc(-c4nc5ccccc5s4)c3)cc(-c3cc4ccccc4c4ccccc34)c2)cc1. The Morgan fingerprint density at radius 2 is 0.885 bits per heavy atom. The van der Waals surface area contributed by atoms with Crippen molar-refractivity contribution in [2.24, 2.45) is 0 Å². The van der Waals surface area contributed by atoms with E-state index in [1.54, 1.807) is 22.7 Å². The smallest absolute Gasteiger partial charge is 0.124 e. The standard InChI is InChI=1S/C47H27N3S2/c48-28-29-17-19-30(20-18-29)32-21-33(23-35(22-32)41-27-31-9-1-2-10-38(31)39-11-3-4-12-40(39)41)34-24-36(46-49-42-13-5-7-15-44(42)51-46)26-37(25-34)47-50-43-14-6-8-16-45(43)52-47/h1-27H. The van der Waals surface area contributed by atoms with Crippen LogP contribution in [0.3, 0.4) is 0 Å². The second kappa shape index (κ2) is 12.4. The quantitative estimate of drug-likeness (QED) is 0.168. The predicted molar refractivity (Wildman–Crippen MR) is 220 cm³/mol. The van der Waals surface area contributed by atoms with Crippen LogP contribution in [-0.4, -0.2) is 9.97 Å². The molecule has 0 atom stereocenters. The fraction of sp³-hybridized carbons (Fsp3) is 0. The molecule has 10 aromatic rings. The lowest BCUT2D eigenvalue weighted by atomic mass is 9.88. The molecule has 5 heteroatoms. The van der Waals surface area contributed by atoms with Gasteiger partial charge in [0.2, 0.25) is 0 Å². The first-order valence-corrected chi connectivity index (χ1v) is 18.7. The van der Waals surface area contributed by atoms with Crippen LogP contribution < -0.4 is 0 Å². The van der Waals surface area contributed by atoms with E-state index in [-0.39, 0.29) is 0 Å². The van der Waals surface area contributed by atoms with Crippen molar-refractivity contribution in [3.05, 3.63) is 169 Å². The van der Waals surface area contributed by atoms with Gasteiger partial charge in [-0.1, -0.05) is 84.9 Å². The van der Waals surface area contributed by atoms with Gasteiger partial charge in [-0.25, -0.2) is 9.97 Å². The fourth-order valence-electron chi connectivity index (χ4n) is 7.18. The number of nitriles is 1. The molecule has 2 aromatic heterocycles. The van der Waals surface area contributed by atoms with E-state index >= 15 is 0 Å². The van der Waals surface area contributed by atoms with Crippen molar-refractivity contribution in [2.75, 3.05) is 0 Å². The second-order valence-corrected chi connectivity index (χ2v) is 15.0. The summed E-state index contributed by atoms with van der Waals surface area (Å²) < 4.78 is 2.33. The van der Waals surface area contributed by atoms with Gasteiger partial charge in [0.1, 0.15) is 10.0 Å². The number of thiazole rings is 2. The minimum absolute atomic E-state index is 0.643. The maximum absolute atomic E-state index is 9.55. The van der Waals surface area contributed by atoms with Crippen molar-refractivity contribution in [2.45, 2.75) is 0 Å². The number of rotatable bonds is 5. The summed E-state index contributed by atoms with van der Waals surface area (Å²) in [6, 6.07) is 60.1. The highest BCUT2D eigenvalue weighted by molar-refractivity contribution is 7.22. The molecule has 0 bridgehead atoms. The van der Waals surface area contributed by atoms with Gasteiger partial charge in [-0.05, 0) is 134 Å². The molecule has 10 rings (SSSR count). The van der Waals surface area contributed by atoms with Crippen molar-refractivity contribution in [1.82, 2.24) is 9.97 Å². The summed E-state index contributed by atoms with van der Waals surface area (Å²) in [4.78, 5) is 10.2. The maximum atomic E-state index is 9.55. The van der Waals surface area contributed by atoms with Crippen LogP contribution in [0, 0.1) is 11.3 Å². The van der Waals surface area contributed by atoms with Gasteiger partial charge in [-0.2, -0.15) is 5.26 Å². The van der Waals surface area contributed by atoms with Gasteiger partial charge in [0.05, 0.1) is 32.1 Å². The topological polar surface area (TPSA) is 49.6 Å². The van der Waals surface area contributed by atoms with Crippen LogP contribution >= 0.6 is 22.7 Å². The molecule has 0 N–H and O–H groups in total. The molecule has 0 radical (unpaired) electrons. The van der Waals surface area contributed by atoms with Crippen LogP contribution in [0.2, 0.25) is 0 Å². The maximum Gasteiger partial charge on any atom is 0.124 e. The molecular weight excluding hydrogens is 671 g/mol. The third-order valence-electron chi connectivity index (χ3n) is 9.71. The lowest BCUT2D eigenvalue weighted by Crippen LogP contribution is -1.90. The first-order chi connectivity index (χ1) is 25.7. The van der Waals surface area contributed by atoms with Crippen molar-refractivity contribution in [3.8, 4) is 60.6 Å². The fourth-order valence-corrected chi connectivity index (χ4v) is 9.09. The predicted octanol–water partition coefficient (Wildman–Crippen LogP) is 13.4. The van der Waals surface area contributed by atoms with Gasteiger partial charge in [0.15, 0.2) is 0 Å². The Morgan fingerprint density at radius 3 is 1.50 bits per heavy atom. The average Bonchev–Trinajstić information content (AvgIpc) is 3.86. The molecule has 2 heterocycles. The number of benzene rings is 8. The molecule has 242 valence electrons. The van der Waals surface area contributed by atoms with Gasteiger partial charge in [0, 0.05) is 11.1 Å².